The number of hydrogen-bond donors (Lipinski definition) is 1. The molecule has 0 aliphatic carbocycles. The van der Waals surface area contributed by atoms with Gasteiger partial charge in [0.1, 0.15) is 0 Å². The second-order valence-corrected chi connectivity index (χ2v) is 4.18. The quantitative estimate of drug-likeness (QED) is 0.622. The molecule has 0 bridgehead atoms. The summed E-state index contributed by atoms with van der Waals surface area (Å²) in [4.78, 5) is 16.2. The zero-order valence-corrected chi connectivity index (χ0v) is 9.22. The molecule has 7 heteroatoms. The molecule has 1 fully saturated rings. The van der Waals surface area contributed by atoms with Gasteiger partial charge in [0, 0.05) is 31.4 Å². The van der Waals surface area contributed by atoms with Gasteiger partial charge >= 0.3 is 5.69 Å². The van der Waals surface area contributed by atoms with Gasteiger partial charge in [-0.3, -0.25) is 10.1 Å². The van der Waals surface area contributed by atoms with Gasteiger partial charge in [-0.2, -0.15) is 0 Å². The molecule has 86 valence electrons. The third-order valence-corrected chi connectivity index (χ3v) is 2.74. The van der Waals surface area contributed by atoms with Gasteiger partial charge in [0.05, 0.1) is 9.95 Å². The van der Waals surface area contributed by atoms with Gasteiger partial charge in [-0.05, 0) is 6.42 Å². The Balaban J connectivity index is 2.36. The second-order valence-electron chi connectivity index (χ2n) is 3.75. The zero-order valence-electron chi connectivity index (χ0n) is 8.47. The van der Waals surface area contributed by atoms with Gasteiger partial charge in [-0.15, -0.1) is 0 Å². The lowest BCUT2D eigenvalue weighted by Gasteiger charge is -2.16. The molecule has 1 atom stereocenters. The van der Waals surface area contributed by atoms with Crippen LogP contribution >= 0.6 is 11.6 Å². The van der Waals surface area contributed by atoms with Crippen LogP contribution in [0.1, 0.15) is 6.42 Å². The second kappa shape index (κ2) is 4.23. The van der Waals surface area contributed by atoms with E-state index in [4.69, 9.17) is 17.3 Å². The van der Waals surface area contributed by atoms with Gasteiger partial charge in [0.15, 0.2) is 0 Å². The fraction of sp³-hybridized carbons (Fsp3) is 0.444. The molecular formula is C9H11ClN4O2. The fourth-order valence-electron chi connectivity index (χ4n) is 1.78. The Bertz CT molecular complexity index is 426. The van der Waals surface area contributed by atoms with E-state index in [1.54, 1.807) is 0 Å². The summed E-state index contributed by atoms with van der Waals surface area (Å²) in [6.07, 6.45) is 2.23. The number of halogens is 1. The Hall–Kier alpha value is -1.40. The average Bonchev–Trinajstić information content (AvgIpc) is 2.64. The van der Waals surface area contributed by atoms with Crippen LogP contribution in [-0.4, -0.2) is 29.0 Å². The number of nitrogens with zero attached hydrogens (tertiary/aromatic N) is 3. The lowest BCUT2D eigenvalue weighted by molar-refractivity contribution is -0.384. The fourth-order valence-corrected chi connectivity index (χ4v) is 1.93. The number of nitro groups is 1. The number of rotatable bonds is 2. The minimum Gasteiger partial charge on any atom is -0.349 e. The first-order chi connectivity index (χ1) is 7.58. The molecule has 0 spiro atoms. The van der Waals surface area contributed by atoms with E-state index in [9.17, 15) is 10.1 Å². The molecular weight excluding hydrogens is 232 g/mol. The minimum absolute atomic E-state index is 0.0529. The SMILES string of the molecule is NC1CCN(c2ncc(Cl)cc2[N+](=O)[O-])C1. The van der Waals surface area contributed by atoms with Crippen LogP contribution in [0, 0.1) is 10.1 Å². The monoisotopic (exact) mass is 242 g/mol. The first kappa shape index (κ1) is 11.1. The van der Waals surface area contributed by atoms with Gasteiger partial charge in [-0.1, -0.05) is 11.6 Å². The van der Waals surface area contributed by atoms with Gasteiger partial charge in [0.2, 0.25) is 5.82 Å². The summed E-state index contributed by atoms with van der Waals surface area (Å²) >= 11 is 5.69. The van der Waals surface area contributed by atoms with Crippen molar-refractivity contribution < 1.29 is 4.92 Å². The number of anilines is 1. The van der Waals surface area contributed by atoms with Crippen LogP contribution in [0.25, 0.3) is 0 Å². The Morgan fingerprint density at radius 1 is 1.69 bits per heavy atom. The molecule has 1 saturated heterocycles. The summed E-state index contributed by atoms with van der Waals surface area (Å²) in [6, 6.07) is 1.37. The van der Waals surface area contributed by atoms with E-state index in [0.29, 0.717) is 18.9 Å². The van der Waals surface area contributed by atoms with Crippen molar-refractivity contribution in [1.82, 2.24) is 4.98 Å². The van der Waals surface area contributed by atoms with Crippen molar-refractivity contribution in [2.24, 2.45) is 5.73 Å². The summed E-state index contributed by atoms with van der Waals surface area (Å²) in [5.41, 5.74) is 5.69. The molecule has 1 aliphatic heterocycles. The Labute approximate surface area is 97.2 Å². The molecule has 2 N–H and O–H groups in total. The standard InChI is InChI=1S/C9H11ClN4O2/c10-6-3-8(14(15)16)9(12-4-6)13-2-1-7(11)5-13/h3-4,7H,1-2,5,11H2. The van der Waals surface area contributed by atoms with Crippen LogP contribution in [0.5, 0.6) is 0 Å². The van der Waals surface area contributed by atoms with Crippen molar-refractivity contribution in [2.75, 3.05) is 18.0 Å². The lowest BCUT2D eigenvalue weighted by atomic mass is 10.3. The summed E-state index contributed by atoms with van der Waals surface area (Å²) in [5, 5.41) is 11.1. The minimum atomic E-state index is -0.474. The Morgan fingerprint density at radius 2 is 2.44 bits per heavy atom. The molecule has 1 aromatic heterocycles. The molecule has 2 rings (SSSR count). The van der Waals surface area contributed by atoms with Gasteiger partial charge < -0.3 is 10.6 Å². The maximum atomic E-state index is 10.9. The highest BCUT2D eigenvalue weighted by Crippen LogP contribution is 2.30. The molecule has 0 radical (unpaired) electrons. The normalized spacial score (nSPS) is 20.1. The van der Waals surface area contributed by atoms with E-state index in [-0.39, 0.29) is 16.8 Å². The third kappa shape index (κ3) is 2.07. The number of aromatic nitrogens is 1. The van der Waals surface area contributed by atoms with Crippen LogP contribution in [0.4, 0.5) is 11.5 Å². The number of hydrogen-bond acceptors (Lipinski definition) is 5. The summed E-state index contributed by atoms with van der Waals surface area (Å²) in [7, 11) is 0. The summed E-state index contributed by atoms with van der Waals surface area (Å²) in [5.74, 6) is 0.349. The summed E-state index contributed by atoms with van der Waals surface area (Å²) in [6.45, 7) is 1.28. The Kier molecular flexibility index (Phi) is 2.93. The van der Waals surface area contributed by atoms with Crippen LogP contribution in [0.15, 0.2) is 12.3 Å². The topological polar surface area (TPSA) is 85.3 Å². The van der Waals surface area contributed by atoms with Crippen LogP contribution in [0.2, 0.25) is 5.02 Å². The zero-order chi connectivity index (χ0) is 11.7. The van der Waals surface area contributed by atoms with Gasteiger partial charge in [-0.25, -0.2) is 4.98 Å². The van der Waals surface area contributed by atoms with E-state index in [1.807, 2.05) is 4.90 Å². The highest BCUT2D eigenvalue weighted by Gasteiger charge is 2.27. The largest absolute Gasteiger partial charge is 0.349 e. The van der Waals surface area contributed by atoms with E-state index in [1.165, 1.54) is 12.3 Å². The third-order valence-electron chi connectivity index (χ3n) is 2.53. The first-order valence-corrected chi connectivity index (χ1v) is 5.26. The van der Waals surface area contributed by atoms with E-state index < -0.39 is 4.92 Å². The van der Waals surface area contributed by atoms with Crippen molar-refractivity contribution in [3.05, 3.63) is 27.4 Å². The number of pyridine rings is 1. The molecule has 0 aromatic carbocycles. The smallest absolute Gasteiger partial charge is 0.313 e. The molecule has 0 saturated carbocycles. The van der Waals surface area contributed by atoms with Crippen LogP contribution < -0.4 is 10.6 Å². The highest BCUT2D eigenvalue weighted by molar-refractivity contribution is 6.30. The van der Waals surface area contributed by atoms with E-state index in [2.05, 4.69) is 4.98 Å². The molecule has 1 unspecified atom stereocenters. The maximum absolute atomic E-state index is 10.9. The Morgan fingerprint density at radius 3 is 3.00 bits per heavy atom. The van der Waals surface area contributed by atoms with Crippen molar-refractivity contribution >= 4 is 23.1 Å². The predicted octanol–water partition coefficient (Wildman–Crippen LogP) is 1.18. The van der Waals surface area contributed by atoms with Crippen LogP contribution in [-0.2, 0) is 0 Å². The van der Waals surface area contributed by atoms with Crippen molar-refractivity contribution in [2.45, 2.75) is 12.5 Å². The molecule has 1 aliphatic rings. The molecule has 1 aromatic rings. The lowest BCUT2D eigenvalue weighted by Crippen LogP contribution is -2.27. The molecule has 0 amide bonds. The molecule has 16 heavy (non-hydrogen) atoms. The van der Waals surface area contributed by atoms with Crippen LogP contribution in [0.3, 0.4) is 0 Å². The van der Waals surface area contributed by atoms with Gasteiger partial charge in [0.25, 0.3) is 0 Å². The summed E-state index contributed by atoms with van der Waals surface area (Å²) < 4.78 is 0. The predicted molar refractivity (Wildman–Crippen MR) is 60.7 cm³/mol. The van der Waals surface area contributed by atoms with E-state index in [0.717, 1.165) is 6.42 Å². The maximum Gasteiger partial charge on any atom is 0.313 e. The van der Waals surface area contributed by atoms with Crippen molar-refractivity contribution in [3.63, 3.8) is 0 Å². The average molecular weight is 243 g/mol. The highest BCUT2D eigenvalue weighted by atomic mass is 35.5. The number of nitrogens with two attached hydrogens (primary N) is 1. The molecule has 2 heterocycles. The van der Waals surface area contributed by atoms with Crippen molar-refractivity contribution in [1.29, 1.82) is 0 Å². The van der Waals surface area contributed by atoms with Crippen molar-refractivity contribution in [3.8, 4) is 0 Å². The van der Waals surface area contributed by atoms with E-state index >= 15 is 0 Å². The molecule has 6 nitrogen and oxygen atoms in total. The first-order valence-electron chi connectivity index (χ1n) is 4.88.